The van der Waals surface area contributed by atoms with Crippen LogP contribution in [0.3, 0.4) is 0 Å². The predicted molar refractivity (Wildman–Crippen MR) is 103 cm³/mol. The highest BCUT2D eigenvalue weighted by Crippen LogP contribution is 2.44. The van der Waals surface area contributed by atoms with Crippen LogP contribution in [-0.2, 0) is 4.74 Å². The number of halogens is 1. The second-order valence-electron chi connectivity index (χ2n) is 8.19. The fourth-order valence-corrected chi connectivity index (χ4v) is 5.08. The Labute approximate surface area is 160 Å². The van der Waals surface area contributed by atoms with Gasteiger partial charge in [-0.3, -0.25) is 0 Å². The first-order valence-electron chi connectivity index (χ1n) is 10.2. The Hall–Kier alpha value is -1.82. The minimum Gasteiger partial charge on any atom is -0.377 e. The van der Waals surface area contributed by atoms with E-state index in [2.05, 4.69) is 10.2 Å². The van der Waals surface area contributed by atoms with Gasteiger partial charge in [-0.05, 0) is 43.9 Å². The largest absolute Gasteiger partial charge is 0.377 e. The number of urea groups is 1. The number of hydrogen-bond donors (Lipinski definition) is 1. The Bertz CT molecular complexity index is 669. The number of carbonyl (C=O) groups is 1. The number of methoxy groups -OCH3 is 1. The van der Waals surface area contributed by atoms with Crippen molar-refractivity contribution in [2.24, 2.45) is 0 Å². The highest BCUT2D eigenvalue weighted by atomic mass is 19.1. The summed E-state index contributed by atoms with van der Waals surface area (Å²) in [6, 6.07) is 7.19. The number of nitrogens with zero attached hydrogens (tertiary/aromatic N) is 2. The molecule has 1 atom stereocenters. The Morgan fingerprint density at radius 3 is 2.63 bits per heavy atom. The van der Waals surface area contributed by atoms with E-state index in [1.54, 1.807) is 19.2 Å². The van der Waals surface area contributed by atoms with Gasteiger partial charge in [0.25, 0.3) is 0 Å². The summed E-state index contributed by atoms with van der Waals surface area (Å²) in [5, 5.41) is 3.22. The van der Waals surface area contributed by atoms with Crippen molar-refractivity contribution >= 4 is 11.7 Å². The summed E-state index contributed by atoms with van der Waals surface area (Å²) < 4.78 is 19.4. The van der Waals surface area contributed by atoms with Crippen molar-refractivity contribution in [3.8, 4) is 0 Å². The SMILES string of the molecule is COC1CN(c2cccc(F)c2)C12CCN(C(=O)NC1CCCCC1)CC2. The van der Waals surface area contributed by atoms with Crippen LogP contribution in [0.2, 0.25) is 0 Å². The first kappa shape index (κ1) is 18.5. The van der Waals surface area contributed by atoms with E-state index in [0.29, 0.717) is 19.1 Å². The maximum Gasteiger partial charge on any atom is 0.317 e. The number of hydrogen-bond acceptors (Lipinski definition) is 3. The van der Waals surface area contributed by atoms with Gasteiger partial charge in [0, 0.05) is 38.5 Å². The molecule has 1 N–H and O–H groups in total. The Balaban J connectivity index is 1.40. The lowest BCUT2D eigenvalue weighted by Gasteiger charge is -2.61. The molecule has 1 unspecified atom stereocenters. The van der Waals surface area contributed by atoms with Crippen LogP contribution in [-0.4, -0.2) is 55.4 Å². The third kappa shape index (κ3) is 3.51. The fourth-order valence-electron chi connectivity index (χ4n) is 5.08. The van der Waals surface area contributed by atoms with Crippen LogP contribution in [0.4, 0.5) is 14.9 Å². The number of nitrogens with one attached hydrogen (secondary N) is 1. The van der Waals surface area contributed by atoms with Crippen molar-refractivity contribution in [3.05, 3.63) is 30.1 Å². The lowest BCUT2D eigenvalue weighted by molar-refractivity contribution is -0.0418. The minimum absolute atomic E-state index is 0.0716. The van der Waals surface area contributed by atoms with E-state index < -0.39 is 0 Å². The summed E-state index contributed by atoms with van der Waals surface area (Å²) in [5.74, 6) is -0.215. The summed E-state index contributed by atoms with van der Waals surface area (Å²) in [6.45, 7) is 2.20. The third-order valence-corrected chi connectivity index (χ3v) is 6.74. The highest BCUT2D eigenvalue weighted by molar-refractivity contribution is 5.74. The number of anilines is 1. The second kappa shape index (κ2) is 7.66. The molecule has 6 heteroatoms. The van der Waals surface area contributed by atoms with Crippen LogP contribution in [0.15, 0.2) is 24.3 Å². The van der Waals surface area contributed by atoms with Gasteiger partial charge in [-0.2, -0.15) is 0 Å². The van der Waals surface area contributed by atoms with E-state index in [-0.39, 0.29) is 23.5 Å². The summed E-state index contributed by atoms with van der Waals surface area (Å²) >= 11 is 0. The molecule has 148 valence electrons. The average Bonchev–Trinajstić information content (AvgIpc) is 2.68. The maximum absolute atomic E-state index is 13.7. The first-order valence-corrected chi connectivity index (χ1v) is 10.2. The van der Waals surface area contributed by atoms with E-state index in [9.17, 15) is 9.18 Å². The van der Waals surface area contributed by atoms with Gasteiger partial charge in [0.05, 0.1) is 11.6 Å². The van der Waals surface area contributed by atoms with Gasteiger partial charge < -0.3 is 19.9 Å². The molecular weight excluding hydrogens is 345 g/mol. The molecule has 0 aromatic heterocycles. The zero-order valence-electron chi connectivity index (χ0n) is 16.1. The molecule has 0 bridgehead atoms. The molecular formula is C21H30FN3O2. The summed E-state index contributed by atoms with van der Waals surface area (Å²) in [5.41, 5.74) is 0.771. The molecule has 1 spiro atoms. The van der Waals surface area contributed by atoms with Crippen LogP contribution < -0.4 is 10.2 Å². The second-order valence-corrected chi connectivity index (χ2v) is 8.19. The normalized spacial score (nSPS) is 25.3. The van der Waals surface area contributed by atoms with Gasteiger partial charge in [0.1, 0.15) is 5.82 Å². The zero-order chi connectivity index (χ0) is 18.9. The Morgan fingerprint density at radius 2 is 1.96 bits per heavy atom. The van der Waals surface area contributed by atoms with Crippen molar-refractivity contribution in [2.75, 3.05) is 31.6 Å². The third-order valence-electron chi connectivity index (χ3n) is 6.74. The number of likely N-dealkylation sites (tertiary alicyclic amines) is 1. The van der Waals surface area contributed by atoms with E-state index in [0.717, 1.165) is 37.9 Å². The molecule has 0 radical (unpaired) electrons. The van der Waals surface area contributed by atoms with Crippen LogP contribution in [0.5, 0.6) is 0 Å². The summed E-state index contributed by atoms with van der Waals surface area (Å²) in [7, 11) is 1.75. The van der Waals surface area contributed by atoms with Crippen molar-refractivity contribution in [1.82, 2.24) is 10.2 Å². The highest BCUT2D eigenvalue weighted by Gasteiger charge is 2.55. The van der Waals surface area contributed by atoms with Crippen LogP contribution in [0.1, 0.15) is 44.9 Å². The molecule has 1 aliphatic carbocycles. The molecule has 1 aromatic carbocycles. The van der Waals surface area contributed by atoms with Crippen molar-refractivity contribution < 1.29 is 13.9 Å². The predicted octanol–water partition coefficient (Wildman–Crippen LogP) is 3.54. The number of benzene rings is 1. The summed E-state index contributed by atoms with van der Waals surface area (Å²) in [6.07, 6.45) is 7.74. The molecule has 3 aliphatic rings. The van der Waals surface area contributed by atoms with E-state index in [1.165, 1.54) is 25.3 Å². The molecule has 2 saturated heterocycles. The lowest BCUT2D eigenvalue weighted by atomic mass is 9.73. The standard InChI is InChI=1S/C21H30FN3O2/c1-27-19-15-25(18-9-5-6-16(22)14-18)21(19)10-12-24(13-11-21)20(26)23-17-7-3-2-4-8-17/h5-6,9,14,17,19H,2-4,7-8,10-13,15H2,1H3,(H,23,26). The van der Waals surface area contributed by atoms with Gasteiger partial charge >= 0.3 is 6.03 Å². The van der Waals surface area contributed by atoms with Crippen molar-refractivity contribution in [1.29, 1.82) is 0 Å². The monoisotopic (exact) mass is 375 g/mol. The number of ether oxygens (including phenoxy) is 1. The van der Waals surface area contributed by atoms with Crippen LogP contribution >= 0.6 is 0 Å². The van der Waals surface area contributed by atoms with Crippen molar-refractivity contribution in [2.45, 2.75) is 62.6 Å². The number of amides is 2. The number of rotatable bonds is 3. The molecule has 2 aliphatic heterocycles. The Kier molecular flexibility index (Phi) is 5.26. The average molecular weight is 375 g/mol. The number of piperidine rings is 1. The molecule has 3 fully saturated rings. The molecule has 5 nitrogen and oxygen atoms in total. The molecule has 1 aromatic rings. The molecule has 2 amide bonds. The van der Waals surface area contributed by atoms with Gasteiger partial charge in [-0.1, -0.05) is 25.3 Å². The molecule has 1 saturated carbocycles. The summed E-state index contributed by atoms with van der Waals surface area (Å²) in [4.78, 5) is 16.9. The fraction of sp³-hybridized carbons (Fsp3) is 0.667. The van der Waals surface area contributed by atoms with E-state index >= 15 is 0 Å². The van der Waals surface area contributed by atoms with Crippen molar-refractivity contribution in [3.63, 3.8) is 0 Å². The maximum atomic E-state index is 13.7. The van der Waals surface area contributed by atoms with E-state index in [1.807, 2.05) is 11.0 Å². The molecule has 2 heterocycles. The lowest BCUT2D eigenvalue weighted by Crippen LogP contribution is -2.74. The van der Waals surface area contributed by atoms with Crippen LogP contribution in [0, 0.1) is 5.82 Å². The zero-order valence-corrected chi connectivity index (χ0v) is 16.1. The minimum atomic E-state index is -0.215. The smallest absolute Gasteiger partial charge is 0.317 e. The molecule has 27 heavy (non-hydrogen) atoms. The van der Waals surface area contributed by atoms with Gasteiger partial charge in [0.15, 0.2) is 0 Å². The van der Waals surface area contributed by atoms with E-state index in [4.69, 9.17) is 4.74 Å². The topological polar surface area (TPSA) is 44.8 Å². The van der Waals surface area contributed by atoms with Gasteiger partial charge in [0.2, 0.25) is 0 Å². The van der Waals surface area contributed by atoms with Gasteiger partial charge in [-0.15, -0.1) is 0 Å². The van der Waals surface area contributed by atoms with Gasteiger partial charge in [-0.25, -0.2) is 9.18 Å². The first-order chi connectivity index (χ1) is 13.1. The quantitative estimate of drug-likeness (QED) is 0.879. The molecule has 4 rings (SSSR count). The Morgan fingerprint density at radius 1 is 1.22 bits per heavy atom. The van der Waals surface area contributed by atoms with Crippen LogP contribution in [0.25, 0.3) is 0 Å². The number of carbonyl (C=O) groups excluding carboxylic acids is 1.